The Hall–Kier alpha value is -3.24. The van der Waals surface area contributed by atoms with Crippen LogP contribution in [0, 0.1) is 0 Å². The van der Waals surface area contributed by atoms with Gasteiger partial charge < -0.3 is 9.47 Å². The number of pyridine rings is 1. The zero-order chi connectivity index (χ0) is 19.9. The van der Waals surface area contributed by atoms with Gasteiger partial charge in [-0.3, -0.25) is 4.98 Å². The molecule has 0 radical (unpaired) electrons. The summed E-state index contributed by atoms with van der Waals surface area (Å²) in [7, 11) is -0.590. The molecule has 0 aliphatic carbocycles. The third-order valence-corrected chi connectivity index (χ3v) is 5.36. The van der Waals surface area contributed by atoms with Crippen LogP contribution in [0.5, 0.6) is 11.5 Å². The predicted octanol–water partition coefficient (Wildman–Crippen LogP) is 1.69. The van der Waals surface area contributed by atoms with E-state index in [9.17, 15) is 8.42 Å². The minimum Gasteiger partial charge on any atom is -0.493 e. The van der Waals surface area contributed by atoms with Crippen molar-refractivity contribution in [1.82, 2.24) is 20.0 Å². The van der Waals surface area contributed by atoms with E-state index >= 15 is 0 Å². The number of benzene rings is 2. The molecular formula is C18H17N5O4S. The van der Waals surface area contributed by atoms with Crippen LogP contribution in [0.1, 0.15) is 5.56 Å². The lowest BCUT2D eigenvalue weighted by Gasteiger charge is -2.10. The highest BCUT2D eigenvalue weighted by Gasteiger charge is 2.15. The van der Waals surface area contributed by atoms with Crippen LogP contribution in [0.4, 0.5) is 0 Å². The highest BCUT2D eigenvalue weighted by molar-refractivity contribution is 7.89. The van der Waals surface area contributed by atoms with Crippen molar-refractivity contribution in [3.63, 3.8) is 0 Å². The number of rotatable bonds is 5. The zero-order valence-electron chi connectivity index (χ0n) is 15.2. The second-order valence-corrected chi connectivity index (χ2v) is 7.71. The molecule has 0 amide bonds. The number of sulfonamides is 1. The molecule has 0 aliphatic rings. The summed E-state index contributed by atoms with van der Waals surface area (Å²) < 4.78 is 35.3. The van der Waals surface area contributed by atoms with Gasteiger partial charge in [-0.1, -0.05) is 17.3 Å². The maximum atomic E-state index is 11.4. The number of hydrogen-bond donors (Lipinski definition) is 1. The molecule has 2 aromatic carbocycles. The number of fused-ring (bicyclic) bond motifs is 3. The van der Waals surface area contributed by atoms with Gasteiger partial charge in [-0.15, -0.1) is 5.10 Å². The average molecular weight is 399 g/mol. The molecule has 0 unspecified atom stereocenters. The van der Waals surface area contributed by atoms with E-state index in [1.54, 1.807) is 43.3 Å². The number of nitrogens with zero attached hydrogens (tertiary/aromatic N) is 4. The third-order valence-electron chi connectivity index (χ3n) is 4.43. The molecule has 0 saturated heterocycles. The van der Waals surface area contributed by atoms with Crippen LogP contribution in [-0.2, 0) is 16.6 Å². The quantitative estimate of drug-likeness (QED) is 0.542. The van der Waals surface area contributed by atoms with Crippen molar-refractivity contribution in [3.05, 3.63) is 48.2 Å². The summed E-state index contributed by atoms with van der Waals surface area (Å²) in [5.74, 6) is 1.16. The number of aromatic nitrogens is 4. The largest absolute Gasteiger partial charge is 0.493 e. The van der Waals surface area contributed by atoms with Crippen molar-refractivity contribution < 1.29 is 17.9 Å². The fourth-order valence-electron chi connectivity index (χ4n) is 3.05. The lowest BCUT2D eigenvalue weighted by atomic mass is 10.1. The maximum absolute atomic E-state index is 11.4. The summed E-state index contributed by atoms with van der Waals surface area (Å²) in [5, 5.41) is 14.4. The second-order valence-electron chi connectivity index (χ2n) is 6.15. The van der Waals surface area contributed by atoms with E-state index in [1.807, 2.05) is 6.07 Å². The molecule has 0 aliphatic heterocycles. The number of primary sulfonamides is 1. The van der Waals surface area contributed by atoms with Crippen LogP contribution >= 0.6 is 0 Å². The molecular weight excluding hydrogens is 382 g/mol. The average Bonchev–Trinajstić information content (AvgIpc) is 3.09. The maximum Gasteiger partial charge on any atom is 0.238 e. The highest BCUT2D eigenvalue weighted by atomic mass is 32.2. The van der Waals surface area contributed by atoms with Gasteiger partial charge in [-0.2, -0.15) is 0 Å². The SMILES string of the molecule is COc1cc2ncc3nnn(Cc4ccc(S(N)(=O)=O)cc4)c3c2cc1OC. The van der Waals surface area contributed by atoms with Gasteiger partial charge in [0.25, 0.3) is 0 Å². The summed E-state index contributed by atoms with van der Waals surface area (Å²) >= 11 is 0. The Balaban J connectivity index is 1.82. The van der Waals surface area contributed by atoms with Crippen LogP contribution in [-0.4, -0.2) is 42.6 Å². The monoisotopic (exact) mass is 399 g/mol. The molecule has 4 rings (SSSR count). The van der Waals surface area contributed by atoms with E-state index in [4.69, 9.17) is 14.6 Å². The molecule has 10 heteroatoms. The van der Waals surface area contributed by atoms with Crippen LogP contribution in [0.25, 0.3) is 21.9 Å². The molecule has 2 N–H and O–H groups in total. The normalized spacial score (nSPS) is 11.8. The number of methoxy groups -OCH3 is 2. The number of ether oxygens (including phenoxy) is 2. The van der Waals surface area contributed by atoms with Crippen LogP contribution < -0.4 is 14.6 Å². The first-order valence-corrected chi connectivity index (χ1v) is 9.81. The smallest absolute Gasteiger partial charge is 0.238 e. The number of hydrogen-bond acceptors (Lipinski definition) is 7. The van der Waals surface area contributed by atoms with Crippen molar-refractivity contribution in [2.45, 2.75) is 11.4 Å². The van der Waals surface area contributed by atoms with Gasteiger partial charge in [-0.05, 0) is 23.8 Å². The first kappa shape index (κ1) is 18.1. The van der Waals surface area contributed by atoms with Crippen molar-refractivity contribution in [2.75, 3.05) is 14.2 Å². The number of nitrogens with two attached hydrogens (primary N) is 1. The van der Waals surface area contributed by atoms with E-state index in [1.165, 1.54) is 12.1 Å². The van der Waals surface area contributed by atoms with Crippen LogP contribution in [0.2, 0.25) is 0 Å². The molecule has 0 saturated carbocycles. The first-order chi connectivity index (χ1) is 13.4. The second kappa shape index (κ2) is 6.73. The summed E-state index contributed by atoms with van der Waals surface area (Å²) in [6, 6.07) is 9.97. The Morgan fingerprint density at radius 1 is 1.04 bits per heavy atom. The molecule has 0 atom stereocenters. The highest BCUT2D eigenvalue weighted by Crippen LogP contribution is 2.34. The third kappa shape index (κ3) is 3.12. The van der Waals surface area contributed by atoms with E-state index in [2.05, 4.69) is 15.3 Å². The summed E-state index contributed by atoms with van der Waals surface area (Å²) in [6.07, 6.45) is 1.65. The zero-order valence-corrected chi connectivity index (χ0v) is 16.0. The molecule has 144 valence electrons. The fraction of sp³-hybridized carbons (Fsp3) is 0.167. The lowest BCUT2D eigenvalue weighted by molar-refractivity contribution is 0.356. The van der Waals surface area contributed by atoms with Crippen molar-refractivity contribution in [2.24, 2.45) is 5.14 Å². The van der Waals surface area contributed by atoms with E-state index in [0.717, 1.165) is 22.0 Å². The van der Waals surface area contributed by atoms with Crippen LogP contribution in [0.15, 0.2) is 47.5 Å². The Labute approximate surface area is 160 Å². The lowest BCUT2D eigenvalue weighted by Crippen LogP contribution is -2.12. The standard InChI is InChI=1S/C18H17N5O4S/c1-26-16-7-13-14(8-17(16)27-2)20-9-15-18(13)23(22-21-15)10-11-3-5-12(6-4-11)28(19,24)25/h3-9H,10H2,1-2H3,(H2,19,24,25). The molecule has 0 bridgehead atoms. The van der Waals surface area contributed by atoms with Gasteiger partial charge in [0.15, 0.2) is 11.5 Å². The van der Waals surface area contributed by atoms with Gasteiger partial charge in [0, 0.05) is 11.5 Å². The Bertz CT molecular complexity index is 1280. The molecule has 28 heavy (non-hydrogen) atoms. The van der Waals surface area contributed by atoms with Gasteiger partial charge in [0.05, 0.1) is 37.4 Å². The van der Waals surface area contributed by atoms with E-state index < -0.39 is 10.0 Å². The van der Waals surface area contributed by atoms with Gasteiger partial charge in [-0.25, -0.2) is 18.2 Å². The molecule has 0 spiro atoms. The van der Waals surface area contributed by atoms with Crippen molar-refractivity contribution >= 4 is 32.0 Å². The fourth-order valence-corrected chi connectivity index (χ4v) is 3.57. The predicted molar refractivity (Wildman–Crippen MR) is 103 cm³/mol. The molecule has 2 aromatic heterocycles. The minimum absolute atomic E-state index is 0.0613. The Morgan fingerprint density at radius 3 is 2.36 bits per heavy atom. The van der Waals surface area contributed by atoms with E-state index in [-0.39, 0.29) is 4.90 Å². The van der Waals surface area contributed by atoms with E-state index in [0.29, 0.717) is 23.6 Å². The minimum atomic E-state index is -3.73. The summed E-state index contributed by atoms with van der Waals surface area (Å²) in [5.41, 5.74) is 3.00. The van der Waals surface area contributed by atoms with Gasteiger partial charge in [0.2, 0.25) is 10.0 Å². The van der Waals surface area contributed by atoms with Crippen molar-refractivity contribution in [1.29, 1.82) is 0 Å². The van der Waals surface area contributed by atoms with Crippen LogP contribution in [0.3, 0.4) is 0 Å². The molecule has 2 heterocycles. The Kier molecular flexibility index (Phi) is 4.36. The van der Waals surface area contributed by atoms with Gasteiger partial charge in [0.1, 0.15) is 11.0 Å². The topological polar surface area (TPSA) is 122 Å². The Morgan fingerprint density at radius 2 is 1.71 bits per heavy atom. The molecule has 0 fully saturated rings. The van der Waals surface area contributed by atoms with Gasteiger partial charge >= 0.3 is 0 Å². The first-order valence-electron chi connectivity index (χ1n) is 8.26. The molecule has 4 aromatic rings. The molecule has 9 nitrogen and oxygen atoms in total. The summed E-state index contributed by atoms with van der Waals surface area (Å²) in [4.78, 5) is 4.48. The summed E-state index contributed by atoms with van der Waals surface area (Å²) in [6.45, 7) is 0.398. The van der Waals surface area contributed by atoms with Crippen molar-refractivity contribution in [3.8, 4) is 11.5 Å².